The quantitative estimate of drug-likeness (QED) is 0.826. The minimum Gasteiger partial charge on any atom is -0.386 e. The first-order valence-electron chi connectivity index (χ1n) is 5.72. The van der Waals surface area contributed by atoms with Crippen LogP contribution in [-0.4, -0.2) is 20.1 Å². The van der Waals surface area contributed by atoms with Gasteiger partial charge in [0.1, 0.15) is 6.10 Å². The average molecular weight is 209 g/mol. The van der Waals surface area contributed by atoms with Gasteiger partial charge in [0.2, 0.25) is 0 Å². The third kappa shape index (κ3) is 1.67. The first kappa shape index (κ1) is 10.6. The summed E-state index contributed by atoms with van der Waals surface area (Å²) >= 11 is 0. The second-order valence-electron chi connectivity index (χ2n) is 4.61. The molecule has 4 nitrogen and oxygen atoms in total. The van der Waals surface area contributed by atoms with Crippen LogP contribution in [0.1, 0.15) is 50.8 Å². The van der Waals surface area contributed by atoms with Crippen LogP contribution in [-0.2, 0) is 7.05 Å². The smallest absolute Gasteiger partial charge is 0.103 e. The van der Waals surface area contributed by atoms with E-state index in [-0.39, 0.29) is 5.41 Å². The molecule has 0 amide bonds. The lowest BCUT2D eigenvalue weighted by atomic mass is 9.77. The highest BCUT2D eigenvalue weighted by Crippen LogP contribution is 2.49. The Hall–Kier alpha value is -0.900. The van der Waals surface area contributed by atoms with Crippen LogP contribution in [0.15, 0.2) is 6.20 Å². The molecule has 15 heavy (non-hydrogen) atoms. The molecule has 0 aromatic carbocycles. The Morgan fingerprint density at radius 3 is 2.67 bits per heavy atom. The van der Waals surface area contributed by atoms with Gasteiger partial charge in [-0.05, 0) is 19.3 Å². The first-order valence-corrected chi connectivity index (χ1v) is 5.72. The standard InChI is InChI=1S/C11H19N3O/c1-3-11(6-4-5-7-11)10(15)9-8-12-13-14(9)2/h8,10,15H,3-7H2,1-2H3. The van der Waals surface area contributed by atoms with Crippen LogP contribution in [0.4, 0.5) is 0 Å². The number of nitrogens with zero attached hydrogens (tertiary/aromatic N) is 3. The van der Waals surface area contributed by atoms with E-state index in [2.05, 4.69) is 17.2 Å². The molecule has 1 heterocycles. The van der Waals surface area contributed by atoms with Crippen LogP contribution in [0.5, 0.6) is 0 Å². The molecule has 0 saturated heterocycles. The second-order valence-corrected chi connectivity index (χ2v) is 4.61. The van der Waals surface area contributed by atoms with Gasteiger partial charge in [0.05, 0.1) is 11.9 Å². The maximum atomic E-state index is 10.4. The van der Waals surface area contributed by atoms with Gasteiger partial charge >= 0.3 is 0 Å². The number of aliphatic hydroxyl groups is 1. The largest absolute Gasteiger partial charge is 0.386 e. The number of rotatable bonds is 3. The summed E-state index contributed by atoms with van der Waals surface area (Å²) in [5.74, 6) is 0. The summed E-state index contributed by atoms with van der Waals surface area (Å²) in [6.45, 7) is 2.17. The van der Waals surface area contributed by atoms with E-state index < -0.39 is 6.10 Å². The summed E-state index contributed by atoms with van der Waals surface area (Å²) in [6, 6.07) is 0. The van der Waals surface area contributed by atoms with Crippen LogP contribution in [0.25, 0.3) is 0 Å². The first-order chi connectivity index (χ1) is 7.19. The molecular weight excluding hydrogens is 190 g/mol. The lowest BCUT2D eigenvalue weighted by Gasteiger charge is -2.32. The molecule has 0 radical (unpaired) electrons. The van der Waals surface area contributed by atoms with E-state index in [4.69, 9.17) is 0 Å². The Morgan fingerprint density at radius 2 is 2.20 bits per heavy atom. The van der Waals surface area contributed by atoms with Crippen molar-refractivity contribution < 1.29 is 5.11 Å². The Morgan fingerprint density at radius 1 is 1.53 bits per heavy atom. The molecule has 1 saturated carbocycles. The van der Waals surface area contributed by atoms with Gasteiger partial charge in [-0.3, -0.25) is 0 Å². The molecule has 1 aromatic heterocycles. The van der Waals surface area contributed by atoms with Crippen molar-refractivity contribution in [1.82, 2.24) is 15.0 Å². The number of aliphatic hydroxyl groups excluding tert-OH is 1. The highest BCUT2D eigenvalue weighted by Gasteiger charge is 2.40. The molecule has 1 fully saturated rings. The molecule has 2 rings (SSSR count). The van der Waals surface area contributed by atoms with Crippen molar-refractivity contribution >= 4 is 0 Å². The Kier molecular flexibility index (Phi) is 2.78. The van der Waals surface area contributed by atoms with Gasteiger partial charge in [0.25, 0.3) is 0 Å². The van der Waals surface area contributed by atoms with Crippen molar-refractivity contribution in [3.8, 4) is 0 Å². The summed E-state index contributed by atoms with van der Waals surface area (Å²) in [5.41, 5.74) is 0.911. The van der Waals surface area contributed by atoms with Gasteiger partial charge < -0.3 is 5.11 Å². The fourth-order valence-electron chi connectivity index (χ4n) is 2.76. The molecule has 1 unspecified atom stereocenters. The fourth-order valence-corrected chi connectivity index (χ4v) is 2.76. The van der Waals surface area contributed by atoms with E-state index in [1.54, 1.807) is 10.9 Å². The van der Waals surface area contributed by atoms with Gasteiger partial charge in [0.15, 0.2) is 0 Å². The van der Waals surface area contributed by atoms with Crippen molar-refractivity contribution in [2.24, 2.45) is 12.5 Å². The lowest BCUT2D eigenvalue weighted by molar-refractivity contribution is 0.0177. The van der Waals surface area contributed by atoms with Gasteiger partial charge in [0, 0.05) is 12.5 Å². The molecular formula is C11H19N3O. The van der Waals surface area contributed by atoms with Crippen molar-refractivity contribution in [2.75, 3.05) is 0 Å². The highest BCUT2D eigenvalue weighted by molar-refractivity contribution is 5.06. The molecule has 1 aliphatic carbocycles. The topological polar surface area (TPSA) is 50.9 Å². The summed E-state index contributed by atoms with van der Waals surface area (Å²) in [4.78, 5) is 0. The van der Waals surface area contributed by atoms with Crippen LogP contribution >= 0.6 is 0 Å². The number of hydrogen-bond acceptors (Lipinski definition) is 3. The zero-order valence-corrected chi connectivity index (χ0v) is 9.48. The SMILES string of the molecule is CCC1(C(O)c2cnnn2C)CCCC1. The third-order valence-corrected chi connectivity index (χ3v) is 3.91. The zero-order chi connectivity index (χ0) is 10.9. The molecule has 0 aliphatic heterocycles. The molecule has 4 heteroatoms. The lowest BCUT2D eigenvalue weighted by Crippen LogP contribution is -2.26. The van der Waals surface area contributed by atoms with Gasteiger partial charge in [-0.2, -0.15) is 0 Å². The molecule has 0 bridgehead atoms. The average Bonchev–Trinajstić information content (AvgIpc) is 2.86. The summed E-state index contributed by atoms with van der Waals surface area (Å²) < 4.78 is 1.68. The van der Waals surface area contributed by atoms with Gasteiger partial charge in [-0.15, -0.1) is 5.10 Å². The van der Waals surface area contributed by atoms with Crippen molar-refractivity contribution in [2.45, 2.75) is 45.1 Å². The summed E-state index contributed by atoms with van der Waals surface area (Å²) in [6.07, 6.45) is 7.00. The Labute approximate surface area is 90.3 Å². The zero-order valence-electron chi connectivity index (χ0n) is 9.48. The molecule has 0 spiro atoms. The molecule has 84 valence electrons. The van der Waals surface area contributed by atoms with E-state index in [9.17, 15) is 5.11 Å². The summed E-state index contributed by atoms with van der Waals surface area (Å²) in [7, 11) is 1.84. The number of aromatic nitrogens is 3. The van der Waals surface area contributed by atoms with E-state index >= 15 is 0 Å². The Balaban J connectivity index is 2.26. The van der Waals surface area contributed by atoms with Crippen LogP contribution in [0, 0.1) is 5.41 Å². The van der Waals surface area contributed by atoms with E-state index in [1.807, 2.05) is 7.05 Å². The molecule has 1 aromatic rings. The van der Waals surface area contributed by atoms with Gasteiger partial charge in [-0.1, -0.05) is 25.0 Å². The minimum atomic E-state index is -0.412. The van der Waals surface area contributed by atoms with Gasteiger partial charge in [-0.25, -0.2) is 4.68 Å². The normalized spacial score (nSPS) is 21.8. The van der Waals surface area contributed by atoms with E-state index in [0.717, 1.165) is 25.0 Å². The van der Waals surface area contributed by atoms with Crippen LogP contribution < -0.4 is 0 Å². The fraction of sp³-hybridized carbons (Fsp3) is 0.818. The van der Waals surface area contributed by atoms with E-state index in [0.29, 0.717) is 0 Å². The van der Waals surface area contributed by atoms with Crippen LogP contribution in [0.3, 0.4) is 0 Å². The second kappa shape index (κ2) is 3.93. The molecule has 1 aliphatic rings. The monoisotopic (exact) mass is 209 g/mol. The predicted octanol–water partition coefficient (Wildman–Crippen LogP) is 1.82. The molecule has 1 atom stereocenters. The van der Waals surface area contributed by atoms with Crippen molar-refractivity contribution in [1.29, 1.82) is 0 Å². The highest BCUT2D eigenvalue weighted by atomic mass is 16.3. The van der Waals surface area contributed by atoms with E-state index in [1.165, 1.54) is 12.8 Å². The maximum absolute atomic E-state index is 10.4. The van der Waals surface area contributed by atoms with Crippen LogP contribution in [0.2, 0.25) is 0 Å². The predicted molar refractivity (Wildman–Crippen MR) is 57.2 cm³/mol. The van der Waals surface area contributed by atoms with Crippen molar-refractivity contribution in [3.05, 3.63) is 11.9 Å². The number of hydrogen-bond donors (Lipinski definition) is 1. The summed E-state index contributed by atoms with van der Waals surface area (Å²) in [5, 5.41) is 18.2. The minimum absolute atomic E-state index is 0.0650. The number of aryl methyl sites for hydroxylation is 1. The molecule has 1 N–H and O–H groups in total. The maximum Gasteiger partial charge on any atom is 0.103 e. The third-order valence-electron chi connectivity index (χ3n) is 3.91. The van der Waals surface area contributed by atoms with Crippen molar-refractivity contribution in [3.63, 3.8) is 0 Å². The Bertz CT molecular complexity index is 328.